The number of imidazole rings is 1. The molecule has 3 aromatic heterocycles. The summed E-state index contributed by atoms with van der Waals surface area (Å²) in [5.74, 6) is 1.94. The van der Waals surface area contributed by atoms with Crippen LogP contribution in [-0.2, 0) is 10.0 Å². The Morgan fingerprint density at radius 3 is 2.62 bits per heavy atom. The summed E-state index contributed by atoms with van der Waals surface area (Å²) < 4.78 is 41.6. The standard InChI is InChI=1S/C26H24ClN5O4S/c1-16-29-22-5-4-19(14-25(22)36-16)37(33,34)31-11-8-17(9-12-31)32-24-6-3-18(35-2)13-23(24)30-26(32)20-7-10-28-15-21(20)27/h3-7,10,13-15,17H,8-9,11-12H2,1-2H3. The molecule has 37 heavy (non-hydrogen) atoms. The summed E-state index contributed by atoms with van der Waals surface area (Å²) in [5, 5.41) is 0.504. The molecule has 1 fully saturated rings. The number of halogens is 1. The van der Waals surface area contributed by atoms with E-state index in [2.05, 4.69) is 14.5 Å². The number of aryl methyl sites for hydroxylation is 1. The van der Waals surface area contributed by atoms with Crippen LogP contribution in [0.25, 0.3) is 33.5 Å². The molecule has 9 nitrogen and oxygen atoms in total. The van der Waals surface area contributed by atoms with Crippen LogP contribution in [0.2, 0.25) is 5.02 Å². The largest absolute Gasteiger partial charge is 0.497 e. The van der Waals surface area contributed by atoms with Gasteiger partial charge < -0.3 is 13.7 Å². The average molecular weight is 538 g/mol. The molecule has 0 spiro atoms. The summed E-state index contributed by atoms with van der Waals surface area (Å²) in [4.78, 5) is 13.5. The van der Waals surface area contributed by atoms with E-state index in [-0.39, 0.29) is 10.9 Å². The first kappa shape index (κ1) is 23.9. The van der Waals surface area contributed by atoms with Crippen LogP contribution in [0.4, 0.5) is 0 Å². The van der Waals surface area contributed by atoms with Crippen molar-refractivity contribution in [3.63, 3.8) is 0 Å². The van der Waals surface area contributed by atoms with Crippen LogP contribution in [0, 0.1) is 6.92 Å². The number of piperidine rings is 1. The highest BCUT2D eigenvalue weighted by atomic mass is 35.5. The number of hydrogen-bond acceptors (Lipinski definition) is 7. The summed E-state index contributed by atoms with van der Waals surface area (Å²) >= 11 is 6.51. The molecule has 0 bridgehead atoms. The second-order valence-electron chi connectivity index (χ2n) is 9.01. The topological polar surface area (TPSA) is 103 Å². The van der Waals surface area contributed by atoms with E-state index in [0.29, 0.717) is 53.7 Å². The number of methoxy groups -OCH3 is 1. The van der Waals surface area contributed by atoms with Crippen molar-refractivity contribution >= 4 is 43.8 Å². The molecule has 0 atom stereocenters. The van der Waals surface area contributed by atoms with Gasteiger partial charge in [-0.3, -0.25) is 4.98 Å². The Morgan fingerprint density at radius 1 is 1.05 bits per heavy atom. The van der Waals surface area contributed by atoms with Gasteiger partial charge in [-0.15, -0.1) is 0 Å². The van der Waals surface area contributed by atoms with Crippen molar-refractivity contribution in [2.24, 2.45) is 0 Å². The Bertz CT molecular complexity index is 1740. The molecule has 1 aliphatic rings. The van der Waals surface area contributed by atoms with Crippen LogP contribution in [0.15, 0.2) is 64.2 Å². The first-order chi connectivity index (χ1) is 17.8. The van der Waals surface area contributed by atoms with E-state index in [4.69, 9.17) is 25.7 Å². The molecule has 1 aliphatic heterocycles. The molecule has 0 N–H and O–H groups in total. The lowest BCUT2D eigenvalue weighted by Crippen LogP contribution is -2.39. The van der Waals surface area contributed by atoms with Crippen LogP contribution >= 0.6 is 11.6 Å². The third-order valence-corrected chi connectivity index (χ3v) is 9.00. The number of aromatic nitrogens is 4. The zero-order valence-electron chi connectivity index (χ0n) is 20.3. The first-order valence-corrected chi connectivity index (χ1v) is 13.7. The normalized spacial score (nSPS) is 15.5. The van der Waals surface area contributed by atoms with Gasteiger partial charge >= 0.3 is 0 Å². The Balaban J connectivity index is 1.33. The lowest BCUT2D eigenvalue weighted by molar-refractivity contribution is 0.278. The molecule has 0 aliphatic carbocycles. The Hall–Kier alpha value is -3.47. The van der Waals surface area contributed by atoms with E-state index in [9.17, 15) is 8.42 Å². The number of rotatable bonds is 5. The molecule has 1 saturated heterocycles. The van der Waals surface area contributed by atoms with Gasteiger partial charge in [0, 0.05) is 56.1 Å². The van der Waals surface area contributed by atoms with Crippen molar-refractivity contribution in [2.45, 2.75) is 30.7 Å². The van der Waals surface area contributed by atoms with Gasteiger partial charge in [-0.1, -0.05) is 11.6 Å². The maximum atomic E-state index is 13.5. The Morgan fingerprint density at radius 2 is 1.86 bits per heavy atom. The number of nitrogens with zero attached hydrogens (tertiary/aromatic N) is 5. The van der Waals surface area contributed by atoms with Crippen molar-refractivity contribution in [3.8, 4) is 17.1 Å². The summed E-state index contributed by atoms with van der Waals surface area (Å²) in [7, 11) is -2.06. The zero-order chi connectivity index (χ0) is 25.7. The minimum Gasteiger partial charge on any atom is -0.497 e. The van der Waals surface area contributed by atoms with Crippen molar-refractivity contribution < 1.29 is 17.6 Å². The number of fused-ring (bicyclic) bond motifs is 2. The summed E-state index contributed by atoms with van der Waals surface area (Å²) in [6.07, 6.45) is 4.53. The predicted octanol–water partition coefficient (Wildman–Crippen LogP) is 5.24. The Labute approximate surface area is 218 Å². The quantitative estimate of drug-likeness (QED) is 0.302. The number of benzene rings is 2. The van der Waals surface area contributed by atoms with Crippen LogP contribution in [0.1, 0.15) is 24.8 Å². The molecule has 190 valence electrons. The molecule has 0 saturated carbocycles. The van der Waals surface area contributed by atoms with Crippen LogP contribution in [0.5, 0.6) is 5.75 Å². The lowest BCUT2D eigenvalue weighted by atomic mass is 10.1. The van der Waals surface area contributed by atoms with E-state index in [0.717, 1.165) is 22.4 Å². The van der Waals surface area contributed by atoms with E-state index >= 15 is 0 Å². The van der Waals surface area contributed by atoms with Gasteiger partial charge in [-0.2, -0.15) is 4.31 Å². The monoisotopic (exact) mass is 537 g/mol. The molecular formula is C26H24ClN5O4S. The second-order valence-corrected chi connectivity index (χ2v) is 11.4. The minimum absolute atomic E-state index is 0.0310. The number of hydrogen-bond donors (Lipinski definition) is 0. The molecule has 5 aromatic rings. The van der Waals surface area contributed by atoms with Gasteiger partial charge in [0.05, 0.1) is 28.1 Å². The highest BCUT2D eigenvalue weighted by Gasteiger charge is 2.32. The molecule has 4 heterocycles. The fraction of sp³-hybridized carbons (Fsp3) is 0.269. The fourth-order valence-electron chi connectivity index (χ4n) is 4.99. The van der Waals surface area contributed by atoms with E-state index < -0.39 is 10.0 Å². The van der Waals surface area contributed by atoms with Gasteiger partial charge in [0.1, 0.15) is 17.1 Å². The SMILES string of the molecule is COc1ccc2c(c1)nc(-c1ccncc1Cl)n2C1CCN(S(=O)(=O)c2ccc3nc(C)oc3c2)CC1. The summed E-state index contributed by atoms with van der Waals surface area (Å²) in [6.45, 7) is 2.49. The fourth-order valence-corrected chi connectivity index (χ4v) is 6.68. The van der Waals surface area contributed by atoms with Crippen molar-refractivity contribution in [1.29, 1.82) is 0 Å². The van der Waals surface area contributed by atoms with Crippen molar-refractivity contribution in [3.05, 3.63) is 65.8 Å². The van der Waals surface area contributed by atoms with Crippen molar-refractivity contribution in [2.75, 3.05) is 20.2 Å². The van der Waals surface area contributed by atoms with Crippen LogP contribution in [-0.4, -0.2) is 52.4 Å². The van der Waals surface area contributed by atoms with Gasteiger partial charge in [0.25, 0.3) is 0 Å². The third-order valence-electron chi connectivity index (χ3n) is 6.80. The average Bonchev–Trinajstić information content (AvgIpc) is 3.47. The Kier molecular flexibility index (Phi) is 5.89. The van der Waals surface area contributed by atoms with Gasteiger partial charge in [-0.05, 0) is 43.2 Å². The molecular weight excluding hydrogens is 514 g/mol. The molecule has 2 aromatic carbocycles. The van der Waals surface area contributed by atoms with Crippen LogP contribution in [0.3, 0.4) is 0 Å². The van der Waals surface area contributed by atoms with Crippen molar-refractivity contribution in [1.82, 2.24) is 23.8 Å². The smallest absolute Gasteiger partial charge is 0.243 e. The number of ether oxygens (including phenoxy) is 1. The number of pyridine rings is 1. The molecule has 0 unspecified atom stereocenters. The lowest BCUT2D eigenvalue weighted by Gasteiger charge is -2.33. The molecule has 11 heteroatoms. The van der Waals surface area contributed by atoms with Crippen LogP contribution < -0.4 is 4.74 Å². The number of oxazole rings is 1. The van der Waals surface area contributed by atoms with Gasteiger partial charge in [0.15, 0.2) is 11.5 Å². The molecule has 6 rings (SSSR count). The maximum absolute atomic E-state index is 13.5. The molecule has 0 amide bonds. The predicted molar refractivity (Wildman–Crippen MR) is 140 cm³/mol. The zero-order valence-corrected chi connectivity index (χ0v) is 21.8. The van der Waals surface area contributed by atoms with Gasteiger partial charge in [-0.25, -0.2) is 18.4 Å². The highest BCUT2D eigenvalue weighted by Crippen LogP contribution is 2.37. The van der Waals surface area contributed by atoms with E-state index in [1.54, 1.807) is 44.6 Å². The summed E-state index contributed by atoms with van der Waals surface area (Å²) in [5.41, 5.74) is 3.61. The van der Waals surface area contributed by atoms with Gasteiger partial charge in [0.2, 0.25) is 10.0 Å². The minimum atomic E-state index is -3.68. The second kappa shape index (κ2) is 9.13. The first-order valence-electron chi connectivity index (χ1n) is 11.9. The molecule has 0 radical (unpaired) electrons. The van der Waals surface area contributed by atoms with E-state index in [1.165, 1.54) is 4.31 Å². The maximum Gasteiger partial charge on any atom is 0.243 e. The third kappa shape index (κ3) is 4.14. The highest BCUT2D eigenvalue weighted by molar-refractivity contribution is 7.89. The van der Waals surface area contributed by atoms with E-state index in [1.807, 2.05) is 24.3 Å². The number of sulfonamides is 1. The summed E-state index contributed by atoms with van der Waals surface area (Å²) in [6, 6.07) is 12.5.